The Morgan fingerprint density at radius 3 is 1.89 bits per heavy atom. The highest BCUT2D eigenvalue weighted by molar-refractivity contribution is 6.10. The van der Waals surface area contributed by atoms with Crippen LogP contribution in [-0.4, -0.2) is 4.57 Å². The predicted octanol–water partition coefficient (Wildman–Crippen LogP) is 14.3. The van der Waals surface area contributed by atoms with E-state index in [0.717, 1.165) is 29.9 Å². The van der Waals surface area contributed by atoms with Crippen molar-refractivity contribution in [1.82, 2.24) is 4.57 Å². The molecule has 0 saturated carbocycles. The maximum absolute atomic E-state index is 2.40. The molecule has 54 heavy (non-hydrogen) atoms. The van der Waals surface area contributed by atoms with Gasteiger partial charge in [-0.15, -0.1) is 0 Å². The molecule has 9 rings (SSSR count). The van der Waals surface area contributed by atoms with Crippen LogP contribution in [0.2, 0.25) is 0 Å². The van der Waals surface area contributed by atoms with E-state index in [0.29, 0.717) is 0 Å². The Hall–Kier alpha value is -6.38. The second-order valence-electron chi connectivity index (χ2n) is 15.0. The number of hydrogen-bond acceptors (Lipinski definition) is 1. The highest BCUT2D eigenvalue weighted by atomic mass is 15.1. The number of nitrogens with zero attached hydrogens (tertiary/aromatic N) is 2. The van der Waals surface area contributed by atoms with Gasteiger partial charge >= 0.3 is 0 Å². The maximum Gasteiger partial charge on any atom is 0.0541 e. The van der Waals surface area contributed by atoms with Gasteiger partial charge in [-0.2, -0.15) is 0 Å². The van der Waals surface area contributed by atoms with E-state index < -0.39 is 0 Å². The first-order valence-corrected chi connectivity index (χ1v) is 19.1. The van der Waals surface area contributed by atoms with E-state index in [9.17, 15) is 0 Å². The zero-order valence-electron chi connectivity index (χ0n) is 31.2. The number of rotatable bonds is 6. The Morgan fingerprint density at radius 2 is 1.17 bits per heavy atom. The van der Waals surface area contributed by atoms with Crippen LogP contribution >= 0.6 is 0 Å². The van der Waals surface area contributed by atoms with Crippen molar-refractivity contribution < 1.29 is 0 Å². The zero-order valence-corrected chi connectivity index (χ0v) is 31.2. The Labute approximate surface area is 319 Å². The maximum atomic E-state index is 2.40. The molecule has 0 unspecified atom stereocenters. The number of para-hydroxylation sites is 2. The monoisotopic (exact) mass is 696 g/mol. The summed E-state index contributed by atoms with van der Waals surface area (Å²) in [5, 5.41) is 2.52. The fourth-order valence-corrected chi connectivity index (χ4v) is 8.22. The van der Waals surface area contributed by atoms with Gasteiger partial charge in [-0.05, 0) is 120 Å². The smallest absolute Gasteiger partial charge is 0.0541 e. The molecule has 6 aromatic carbocycles. The summed E-state index contributed by atoms with van der Waals surface area (Å²) in [7, 11) is 0. The van der Waals surface area contributed by atoms with Gasteiger partial charge in [0.1, 0.15) is 0 Å². The molecule has 7 aromatic rings. The highest BCUT2D eigenvalue weighted by Gasteiger charge is 2.28. The molecule has 0 amide bonds. The molecular formula is C52H44N2. The molecule has 262 valence electrons. The zero-order chi connectivity index (χ0) is 36.6. The van der Waals surface area contributed by atoms with E-state index in [1.807, 2.05) is 0 Å². The van der Waals surface area contributed by atoms with Gasteiger partial charge in [-0.1, -0.05) is 141 Å². The summed E-state index contributed by atoms with van der Waals surface area (Å²) in [4.78, 5) is 2.40. The van der Waals surface area contributed by atoms with Crippen molar-refractivity contribution >= 4 is 33.2 Å². The molecular weight excluding hydrogens is 653 g/mol. The van der Waals surface area contributed by atoms with Crippen LogP contribution in [0.3, 0.4) is 0 Å². The second kappa shape index (κ2) is 13.9. The van der Waals surface area contributed by atoms with Crippen LogP contribution in [0.15, 0.2) is 211 Å². The summed E-state index contributed by atoms with van der Waals surface area (Å²) in [6.45, 7) is 7.02. The lowest BCUT2D eigenvalue weighted by Crippen LogP contribution is -2.20. The van der Waals surface area contributed by atoms with Gasteiger partial charge in [0.05, 0.1) is 11.0 Å². The van der Waals surface area contributed by atoms with E-state index in [1.54, 1.807) is 0 Å². The fraction of sp³-hybridized carbons (Fsp3) is 0.115. The third-order valence-corrected chi connectivity index (χ3v) is 11.4. The molecule has 2 nitrogen and oxygen atoms in total. The van der Waals surface area contributed by atoms with Crippen molar-refractivity contribution in [2.45, 2.75) is 33.6 Å². The Morgan fingerprint density at radius 1 is 0.574 bits per heavy atom. The third kappa shape index (κ3) is 6.04. The highest BCUT2D eigenvalue weighted by Crippen LogP contribution is 2.43. The van der Waals surface area contributed by atoms with Crippen molar-refractivity contribution in [2.24, 2.45) is 5.41 Å². The van der Waals surface area contributed by atoms with Gasteiger partial charge in [-0.25, -0.2) is 0 Å². The normalized spacial score (nSPS) is 17.8. The third-order valence-electron chi connectivity index (χ3n) is 11.4. The summed E-state index contributed by atoms with van der Waals surface area (Å²) in [6.07, 6.45) is 16.1. The summed E-state index contributed by atoms with van der Waals surface area (Å²) < 4.78 is 2.37. The first kappa shape index (κ1) is 33.5. The molecule has 0 saturated heterocycles. The van der Waals surface area contributed by atoms with E-state index >= 15 is 0 Å². The Balaban J connectivity index is 1.14. The molecule has 0 spiro atoms. The summed E-state index contributed by atoms with van der Waals surface area (Å²) in [5.74, 6) is 0. The topological polar surface area (TPSA) is 8.17 Å². The molecule has 1 aromatic heterocycles. The minimum absolute atomic E-state index is 0.102. The van der Waals surface area contributed by atoms with E-state index in [-0.39, 0.29) is 5.41 Å². The average molecular weight is 697 g/mol. The standard InChI is InChI=1S/C52H44N2/c1-37-35-46(21-14-18-41-17-10-12-23-49(41)52(37,2)3)53(44-30-25-39(26-31-44)38-15-6-4-7-16-38)45-32-27-40(28-33-45)42-29-34-51-48(36-42)47-22-11-13-24-50(47)54(51)43-19-8-5-9-20-43/h4-9,11-16,18-36H,10,17H2,1-3H3/b18-14+,37-35+,46-21+. The van der Waals surface area contributed by atoms with Crippen molar-refractivity contribution in [1.29, 1.82) is 0 Å². The SMILES string of the molecule is C\C1=C/C(N(c2ccc(-c3ccccc3)cc2)c2ccc(-c3ccc4c(c3)c3ccccc3n4-c3ccccc3)cc2)=C\C=C\C2=C(C=CCC2)C1(C)C. The number of allylic oxidation sites excluding steroid dienone is 9. The van der Waals surface area contributed by atoms with Gasteiger partial charge in [0.15, 0.2) is 0 Å². The van der Waals surface area contributed by atoms with Crippen LogP contribution in [0.1, 0.15) is 33.6 Å². The number of aromatic nitrogens is 1. The Kier molecular flexibility index (Phi) is 8.60. The van der Waals surface area contributed by atoms with Crippen LogP contribution in [0.25, 0.3) is 49.7 Å². The Bertz CT molecular complexity index is 2640. The molecule has 0 atom stereocenters. The molecule has 0 radical (unpaired) electrons. The number of fused-ring (bicyclic) bond motifs is 3. The van der Waals surface area contributed by atoms with Gasteiger partial charge in [-0.3, -0.25) is 0 Å². The van der Waals surface area contributed by atoms with Gasteiger partial charge in [0.2, 0.25) is 0 Å². The number of benzene rings is 6. The second-order valence-corrected chi connectivity index (χ2v) is 15.0. The van der Waals surface area contributed by atoms with Gasteiger partial charge in [0.25, 0.3) is 0 Å². The number of anilines is 2. The predicted molar refractivity (Wildman–Crippen MR) is 230 cm³/mol. The largest absolute Gasteiger partial charge is 0.311 e. The van der Waals surface area contributed by atoms with Crippen molar-refractivity contribution in [2.75, 3.05) is 4.90 Å². The molecule has 2 aliphatic rings. The average Bonchev–Trinajstić information content (AvgIpc) is 3.57. The molecule has 2 heteroatoms. The van der Waals surface area contributed by atoms with Crippen LogP contribution in [0.4, 0.5) is 11.4 Å². The van der Waals surface area contributed by atoms with E-state index in [4.69, 9.17) is 0 Å². The van der Waals surface area contributed by atoms with Gasteiger partial charge < -0.3 is 9.47 Å². The summed E-state index contributed by atoms with van der Waals surface area (Å²) in [5.41, 5.74) is 15.9. The fourth-order valence-electron chi connectivity index (χ4n) is 8.22. The number of hydrogen-bond donors (Lipinski definition) is 0. The molecule has 2 aliphatic carbocycles. The first-order chi connectivity index (χ1) is 26.5. The summed E-state index contributed by atoms with van der Waals surface area (Å²) >= 11 is 0. The minimum atomic E-state index is -0.102. The van der Waals surface area contributed by atoms with Crippen LogP contribution in [0.5, 0.6) is 0 Å². The van der Waals surface area contributed by atoms with Crippen LogP contribution in [-0.2, 0) is 0 Å². The van der Waals surface area contributed by atoms with Crippen molar-refractivity contribution in [3.8, 4) is 27.9 Å². The van der Waals surface area contributed by atoms with E-state index in [2.05, 4.69) is 218 Å². The molecule has 1 heterocycles. The lowest BCUT2D eigenvalue weighted by Gasteiger charge is -2.33. The molecule has 0 fully saturated rings. The van der Waals surface area contributed by atoms with Crippen molar-refractivity contribution in [3.05, 3.63) is 211 Å². The molecule has 0 aliphatic heterocycles. The van der Waals surface area contributed by atoms with E-state index in [1.165, 1.54) is 66.5 Å². The lowest BCUT2D eigenvalue weighted by atomic mass is 9.73. The van der Waals surface area contributed by atoms with Crippen LogP contribution < -0.4 is 4.90 Å². The minimum Gasteiger partial charge on any atom is -0.311 e. The molecule has 0 N–H and O–H groups in total. The first-order valence-electron chi connectivity index (χ1n) is 19.1. The summed E-state index contributed by atoms with van der Waals surface area (Å²) in [6, 6.07) is 55.0. The lowest BCUT2D eigenvalue weighted by molar-refractivity contribution is 0.541. The van der Waals surface area contributed by atoms with Crippen LogP contribution in [0, 0.1) is 5.41 Å². The van der Waals surface area contributed by atoms with Gasteiger partial charge in [0, 0.05) is 38.9 Å². The molecule has 0 bridgehead atoms. The van der Waals surface area contributed by atoms with Crippen molar-refractivity contribution in [3.63, 3.8) is 0 Å². The quantitative estimate of drug-likeness (QED) is 0.168.